The van der Waals surface area contributed by atoms with Crippen LogP contribution >= 0.6 is 0 Å². The van der Waals surface area contributed by atoms with Crippen LogP contribution in [0, 0.1) is 5.92 Å². The van der Waals surface area contributed by atoms with Crippen molar-refractivity contribution in [2.24, 2.45) is 11.7 Å². The van der Waals surface area contributed by atoms with Gasteiger partial charge < -0.3 is 15.2 Å². The summed E-state index contributed by atoms with van der Waals surface area (Å²) in [5.74, 6) is 1.43. The fraction of sp³-hybridized carbons (Fsp3) is 0.444. The number of hydrogen-bond acceptors (Lipinski definition) is 3. The summed E-state index contributed by atoms with van der Waals surface area (Å²) in [6.45, 7) is 8.16. The van der Waals surface area contributed by atoms with Crippen molar-refractivity contribution in [3.63, 3.8) is 0 Å². The molecule has 0 aromatic heterocycles. The Bertz CT molecular complexity index is 578. The van der Waals surface area contributed by atoms with Gasteiger partial charge in [0.05, 0.1) is 6.61 Å². The van der Waals surface area contributed by atoms with E-state index in [0.717, 1.165) is 23.3 Å². The van der Waals surface area contributed by atoms with Crippen LogP contribution in [-0.2, 0) is 4.74 Å². The number of hydrogen-bond donors (Lipinski definition) is 1. The lowest BCUT2D eigenvalue weighted by Crippen LogP contribution is -2.13. The van der Waals surface area contributed by atoms with E-state index in [-0.39, 0.29) is 6.04 Å². The van der Waals surface area contributed by atoms with Crippen molar-refractivity contribution in [1.29, 1.82) is 0 Å². The minimum Gasteiger partial charge on any atom is -0.490 e. The summed E-state index contributed by atoms with van der Waals surface area (Å²) in [6.07, 6.45) is 0. The molecule has 0 saturated carbocycles. The number of nitrogens with two attached hydrogens (primary N) is 1. The fourth-order valence-electron chi connectivity index (χ4n) is 2.30. The van der Waals surface area contributed by atoms with Crippen LogP contribution in [0.15, 0.2) is 36.4 Å². The highest BCUT2D eigenvalue weighted by Gasteiger charge is 2.12. The van der Waals surface area contributed by atoms with Gasteiger partial charge in [0.15, 0.2) is 0 Å². The predicted molar refractivity (Wildman–Crippen MR) is 87.7 cm³/mol. The second-order valence-electron chi connectivity index (χ2n) is 5.81. The molecule has 0 saturated heterocycles. The quantitative estimate of drug-likeness (QED) is 0.785. The van der Waals surface area contributed by atoms with Gasteiger partial charge in [-0.15, -0.1) is 0 Å². The van der Waals surface area contributed by atoms with Crippen LogP contribution in [-0.4, -0.2) is 19.8 Å². The topological polar surface area (TPSA) is 44.5 Å². The zero-order valence-electron chi connectivity index (χ0n) is 13.1. The molecule has 0 bridgehead atoms. The Morgan fingerprint density at radius 3 is 2.48 bits per heavy atom. The van der Waals surface area contributed by atoms with E-state index in [4.69, 9.17) is 15.2 Å². The van der Waals surface area contributed by atoms with Crippen LogP contribution in [0.25, 0.3) is 10.8 Å². The van der Waals surface area contributed by atoms with Gasteiger partial charge in [0.1, 0.15) is 12.4 Å². The van der Waals surface area contributed by atoms with Crippen LogP contribution in [0.4, 0.5) is 0 Å². The van der Waals surface area contributed by atoms with Gasteiger partial charge in [-0.05, 0) is 18.2 Å². The maximum Gasteiger partial charge on any atom is 0.131 e. The zero-order chi connectivity index (χ0) is 15.2. The van der Waals surface area contributed by atoms with Gasteiger partial charge in [-0.3, -0.25) is 0 Å². The predicted octanol–water partition coefficient (Wildman–Crippen LogP) is 3.91. The van der Waals surface area contributed by atoms with Gasteiger partial charge in [0.25, 0.3) is 0 Å². The van der Waals surface area contributed by atoms with E-state index in [0.29, 0.717) is 19.1 Å². The minimum atomic E-state index is -0.0545. The van der Waals surface area contributed by atoms with Crippen molar-refractivity contribution in [1.82, 2.24) is 0 Å². The normalized spacial score (nSPS) is 12.8. The van der Waals surface area contributed by atoms with Crippen LogP contribution in [0.5, 0.6) is 5.75 Å². The Morgan fingerprint density at radius 1 is 1.00 bits per heavy atom. The number of benzene rings is 2. The maximum atomic E-state index is 6.06. The number of ether oxygens (including phenoxy) is 2. The highest BCUT2D eigenvalue weighted by atomic mass is 16.5. The van der Waals surface area contributed by atoms with Crippen molar-refractivity contribution < 1.29 is 9.47 Å². The average molecular weight is 287 g/mol. The van der Waals surface area contributed by atoms with E-state index in [1.54, 1.807) is 0 Å². The SMILES string of the molecule is CC(C)COCCOc1c([C@H](C)N)ccc2ccccc12. The summed E-state index contributed by atoms with van der Waals surface area (Å²) in [5, 5.41) is 2.27. The molecule has 0 aliphatic rings. The van der Waals surface area contributed by atoms with E-state index < -0.39 is 0 Å². The third kappa shape index (κ3) is 4.19. The molecule has 3 nitrogen and oxygen atoms in total. The lowest BCUT2D eigenvalue weighted by Gasteiger charge is -2.17. The van der Waals surface area contributed by atoms with E-state index in [1.165, 1.54) is 5.39 Å². The zero-order valence-corrected chi connectivity index (χ0v) is 13.1. The number of rotatable bonds is 7. The second-order valence-corrected chi connectivity index (χ2v) is 5.81. The highest BCUT2D eigenvalue weighted by molar-refractivity contribution is 5.89. The molecule has 2 N–H and O–H groups in total. The molecular formula is C18H25NO2. The third-order valence-electron chi connectivity index (χ3n) is 3.33. The average Bonchev–Trinajstić information content (AvgIpc) is 2.46. The molecule has 3 heteroatoms. The summed E-state index contributed by atoms with van der Waals surface area (Å²) in [5.41, 5.74) is 7.10. The molecule has 2 rings (SSSR count). The summed E-state index contributed by atoms with van der Waals surface area (Å²) >= 11 is 0. The Morgan fingerprint density at radius 2 is 1.76 bits per heavy atom. The molecular weight excluding hydrogens is 262 g/mol. The van der Waals surface area contributed by atoms with Gasteiger partial charge in [-0.2, -0.15) is 0 Å². The molecule has 0 heterocycles. The second kappa shape index (κ2) is 7.43. The highest BCUT2D eigenvalue weighted by Crippen LogP contribution is 2.32. The maximum absolute atomic E-state index is 6.06. The molecule has 2 aromatic carbocycles. The number of fused-ring (bicyclic) bond motifs is 1. The van der Waals surface area contributed by atoms with E-state index in [1.807, 2.05) is 19.1 Å². The van der Waals surface area contributed by atoms with E-state index in [9.17, 15) is 0 Å². The van der Waals surface area contributed by atoms with Crippen molar-refractivity contribution in [2.75, 3.05) is 19.8 Å². The lowest BCUT2D eigenvalue weighted by molar-refractivity contribution is 0.0820. The van der Waals surface area contributed by atoms with Crippen LogP contribution in [0.3, 0.4) is 0 Å². The first-order chi connectivity index (χ1) is 10.1. The van der Waals surface area contributed by atoms with Crippen molar-refractivity contribution in [3.8, 4) is 5.75 Å². The first-order valence-electron chi connectivity index (χ1n) is 7.57. The Hall–Kier alpha value is -1.58. The van der Waals surface area contributed by atoms with Crippen LogP contribution in [0.1, 0.15) is 32.4 Å². The fourth-order valence-corrected chi connectivity index (χ4v) is 2.30. The van der Waals surface area contributed by atoms with Gasteiger partial charge in [-0.25, -0.2) is 0 Å². The molecule has 0 radical (unpaired) electrons. The largest absolute Gasteiger partial charge is 0.490 e. The van der Waals surface area contributed by atoms with Gasteiger partial charge in [0, 0.05) is 23.6 Å². The first-order valence-corrected chi connectivity index (χ1v) is 7.57. The molecule has 1 atom stereocenters. The molecule has 2 aromatic rings. The Balaban J connectivity index is 2.14. The van der Waals surface area contributed by atoms with E-state index in [2.05, 4.69) is 38.1 Å². The van der Waals surface area contributed by atoms with Crippen LogP contribution < -0.4 is 10.5 Å². The first kappa shape index (κ1) is 15.8. The van der Waals surface area contributed by atoms with Crippen molar-refractivity contribution in [3.05, 3.63) is 42.0 Å². The van der Waals surface area contributed by atoms with Crippen LogP contribution in [0.2, 0.25) is 0 Å². The van der Waals surface area contributed by atoms with Gasteiger partial charge >= 0.3 is 0 Å². The van der Waals surface area contributed by atoms with E-state index >= 15 is 0 Å². The molecule has 0 amide bonds. The monoisotopic (exact) mass is 287 g/mol. The van der Waals surface area contributed by atoms with Crippen molar-refractivity contribution in [2.45, 2.75) is 26.8 Å². The van der Waals surface area contributed by atoms with Gasteiger partial charge in [0.2, 0.25) is 0 Å². The Labute approximate surface area is 127 Å². The van der Waals surface area contributed by atoms with Crippen molar-refractivity contribution >= 4 is 10.8 Å². The summed E-state index contributed by atoms with van der Waals surface area (Å²) in [7, 11) is 0. The standard InChI is InChI=1S/C18H25NO2/c1-13(2)12-20-10-11-21-18-16(14(3)19)9-8-15-6-4-5-7-17(15)18/h4-9,13-14H,10-12,19H2,1-3H3/t14-/m0/s1. The molecule has 114 valence electrons. The third-order valence-corrected chi connectivity index (χ3v) is 3.33. The molecule has 0 unspecified atom stereocenters. The molecule has 0 aliphatic carbocycles. The van der Waals surface area contributed by atoms with Gasteiger partial charge in [-0.1, -0.05) is 50.2 Å². The lowest BCUT2D eigenvalue weighted by atomic mass is 10.0. The summed E-state index contributed by atoms with van der Waals surface area (Å²) in [4.78, 5) is 0. The Kier molecular flexibility index (Phi) is 5.59. The summed E-state index contributed by atoms with van der Waals surface area (Å²) < 4.78 is 11.6. The molecule has 0 aliphatic heterocycles. The minimum absolute atomic E-state index is 0.0545. The molecule has 0 fully saturated rings. The summed E-state index contributed by atoms with van der Waals surface area (Å²) in [6, 6.07) is 12.3. The smallest absolute Gasteiger partial charge is 0.131 e. The molecule has 21 heavy (non-hydrogen) atoms. The molecule has 0 spiro atoms.